The molecule has 0 spiro atoms. The smallest absolute Gasteiger partial charge is 0.387 e. The second-order valence-corrected chi connectivity index (χ2v) is 5.02. The summed E-state index contributed by atoms with van der Waals surface area (Å²) in [6.45, 7) is -3.05. The van der Waals surface area contributed by atoms with Crippen LogP contribution in [0.4, 0.5) is 13.2 Å². The summed E-state index contributed by atoms with van der Waals surface area (Å²) in [5, 5.41) is 0.606. The van der Waals surface area contributed by atoms with Gasteiger partial charge < -0.3 is 4.74 Å². The van der Waals surface area contributed by atoms with Gasteiger partial charge in [0.15, 0.2) is 0 Å². The Labute approximate surface area is 127 Å². The molecule has 7 heteroatoms. The van der Waals surface area contributed by atoms with Crippen LogP contribution in [0.2, 0.25) is 15.1 Å². The highest BCUT2D eigenvalue weighted by Gasteiger charge is 2.13. The Morgan fingerprint density at radius 1 is 0.950 bits per heavy atom. The van der Waals surface area contributed by atoms with Crippen LogP contribution >= 0.6 is 34.8 Å². The van der Waals surface area contributed by atoms with Crippen LogP contribution in [-0.2, 0) is 0 Å². The molecule has 2 aromatic rings. The van der Waals surface area contributed by atoms with E-state index in [1.807, 2.05) is 0 Å². The summed E-state index contributed by atoms with van der Waals surface area (Å²) in [6.07, 6.45) is 0. The largest absolute Gasteiger partial charge is 0.435 e. The van der Waals surface area contributed by atoms with Crippen LogP contribution in [0.5, 0.6) is 5.75 Å². The first-order valence-electron chi connectivity index (χ1n) is 5.27. The maximum atomic E-state index is 13.5. The summed E-state index contributed by atoms with van der Waals surface area (Å²) < 4.78 is 42.0. The van der Waals surface area contributed by atoms with Crippen molar-refractivity contribution < 1.29 is 17.9 Å². The Kier molecular flexibility index (Phi) is 4.68. The molecule has 0 aliphatic rings. The first-order valence-corrected chi connectivity index (χ1v) is 6.40. The van der Waals surface area contributed by atoms with E-state index in [4.69, 9.17) is 34.8 Å². The van der Waals surface area contributed by atoms with E-state index >= 15 is 0 Å². The van der Waals surface area contributed by atoms with Crippen molar-refractivity contribution in [3.63, 3.8) is 0 Å². The molecule has 0 bridgehead atoms. The fourth-order valence-electron chi connectivity index (χ4n) is 1.66. The highest BCUT2D eigenvalue weighted by molar-refractivity contribution is 6.45. The van der Waals surface area contributed by atoms with Crippen LogP contribution in [-0.4, -0.2) is 6.61 Å². The summed E-state index contributed by atoms with van der Waals surface area (Å²) in [6, 6.07) is 6.06. The minimum atomic E-state index is -3.05. The molecule has 0 aliphatic carbocycles. The van der Waals surface area contributed by atoms with Gasteiger partial charge in [-0.3, -0.25) is 0 Å². The van der Waals surface area contributed by atoms with Gasteiger partial charge in [-0.15, -0.1) is 0 Å². The molecule has 2 rings (SSSR count). The lowest BCUT2D eigenvalue weighted by molar-refractivity contribution is -0.0499. The molecule has 0 unspecified atom stereocenters. The van der Waals surface area contributed by atoms with Crippen molar-refractivity contribution in [2.24, 2.45) is 0 Å². The summed E-state index contributed by atoms with van der Waals surface area (Å²) >= 11 is 17.7. The lowest BCUT2D eigenvalue weighted by atomic mass is 10.1. The molecule has 0 atom stereocenters. The molecule has 20 heavy (non-hydrogen) atoms. The number of rotatable bonds is 3. The summed E-state index contributed by atoms with van der Waals surface area (Å²) in [7, 11) is 0. The Bertz CT molecular complexity index is 647. The van der Waals surface area contributed by atoms with E-state index in [1.54, 1.807) is 0 Å². The average Bonchev–Trinajstić information content (AvgIpc) is 2.32. The van der Waals surface area contributed by atoms with Gasteiger partial charge in [0.2, 0.25) is 0 Å². The van der Waals surface area contributed by atoms with Crippen molar-refractivity contribution in [1.29, 1.82) is 0 Å². The van der Waals surface area contributed by atoms with Crippen LogP contribution in [0.3, 0.4) is 0 Å². The van der Waals surface area contributed by atoms with Crippen LogP contribution < -0.4 is 4.74 Å². The molecular formula is C13H6Cl3F3O. The summed E-state index contributed by atoms with van der Waals surface area (Å²) in [4.78, 5) is 0. The predicted molar refractivity (Wildman–Crippen MR) is 73.5 cm³/mol. The zero-order valence-corrected chi connectivity index (χ0v) is 11.9. The number of benzene rings is 2. The van der Waals surface area contributed by atoms with Crippen LogP contribution in [0.1, 0.15) is 0 Å². The van der Waals surface area contributed by atoms with Crippen molar-refractivity contribution in [3.8, 4) is 16.9 Å². The molecular weight excluding hydrogens is 335 g/mol. The average molecular weight is 342 g/mol. The van der Waals surface area contributed by atoms with Crippen molar-refractivity contribution in [1.82, 2.24) is 0 Å². The Morgan fingerprint density at radius 3 is 2.30 bits per heavy atom. The third-order valence-corrected chi connectivity index (χ3v) is 3.42. The summed E-state index contributed by atoms with van der Waals surface area (Å²) in [5.41, 5.74) is 0.554. The van der Waals surface area contributed by atoms with Gasteiger partial charge in [0.1, 0.15) is 11.6 Å². The molecule has 0 aliphatic heterocycles. The molecule has 0 heterocycles. The highest BCUT2D eigenvalue weighted by atomic mass is 35.5. The molecule has 1 nitrogen and oxygen atoms in total. The number of ether oxygens (including phenoxy) is 1. The minimum Gasteiger partial charge on any atom is -0.435 e. The van der Waals surface area contributed by atoms with E-state index in [0.29, 0.717) is 5.56 Å². The fraction of sp³-hybridized carbons (Fsp3) is 0.0769. The van der Waals surface area contributed by atoms with E-state index < -0.39 is 12.4 Å². The highest BCUT2D eigenvalue weighted by Crippen LogP contribution is 2.38. The lowest BCUT2D eigenvalue weighted by Gasteiger charge is -2.10. The molecule has 0 saturated heterocycles. The SMILES string of the molecule is Fc1cc(OC(F)F)cc(-c2cc(Cl)cc(Cl)c2Cl)c1. The molecule has 0 amide bonds. The summed E-state index contributed by atoms with van der Waals surface area (Å²) in [5.74, 6) is -1.06. The molecule has 0 fully saturated rings. The number of hydrogen-bond acceptors (Lipinski definition) is 1. The van der Waals surface area contributed by atoms with Gasteiger partial charge >= 0.3 is 6.61 Å². The van der Waals surface area contributed by atoms with E-state index in [0.717, 1.165) is 12.1 Å². The maximum absolute atomic E-state index is 13.5. The predicted octanol–water partition coefficient (Wildman–Crippen LogP) is 6.05. The van der Waals surface area contributed by atoms with Gasteiger partial charge in [-0.05, 0) is 29.8 Å². The van der Waals surface area contributed by atoms with E-state index in [2.05, 4.69) is 4.74 Å². The molecule has 0 radical (unpaired) electrons. The number of hydrogen-bond donors (Lipinski definition) is 0. The first kappa shape index (κ1) is 15.3. The second kappa shape index (κ2) is 6.12. The topological polar surface area (TPSA) is 9.23 Å². The van der Waals surface area contributed by atoms with Gasteiger partial charge in [-0.1, -0.05) is 34.8 Å². The van der Waals surface area contributed by atoms with Crippen LogP contribution in [0.15, 0.2) is 30.3 Å². The van der Waals surface area contributed by atoms with Crippen molar-refractivity contribution in [2.45, 2.75) is 6.61 Å². The van der Waals surface area contributed by atoms with Crippen LogP contribution in [0.25, 0.3) is 11.1 Å². The maximum Gasteiger partial charge on any atom is 0.387 e. The first-order chi connectivity index (χ1) is 9.36. The molecule has 2 aromatic carbocycles. The van der Waals surface area contributed by atoms with Gasteiger partial charge in [-0.25, -0.2) is 4.39 Å². The number of alkyl halides is 2. The standard InChI is InChI=1S/C13H6Cl3F3O/c14-7-3-10(12(16)11(15)4-7)6-1-8(17)5-9(2-6)20-13(18)19/h1-5,13H. The van der Waals surface area contributed by atoms with Gasteiger partial charge in [0.25, 0.3) is 0 Å². The zero-order chi connectivity index (χ0) is 14.9. The Balaban J connectivity index is 2.55. The third kappa shape index (κ3) is 3.51. The third-order valence-electron chi connectivity index (χ3n) is 2.40. The van der Waals surface area contributed by atoms with Gasteiger partial charge in [0, 0.05) is 16.7 Å². The van der Waals surface area contributed by atoms with E-state index in [1.165, 1.54) is 18.2 Å². The van der Waals surface area contributed by atoms with Gasteiger partial charge in [0.05, 0.1) is 10.0 Å². The Morgan fingerprint density at radius 2 is 1.65 bits per heavy atom. The van der Waals surface area contributed by atoms with Crippen molar-refractivity contribution in [2.75, 3.05) is 0 Å². The molecule has 106 valence electrons. The number of halogens is 6. The zero-order valence-electron chi connectivity index (χ0n) is 9.64. The Hall–Kier alpha value is -1.10. The lowest BCUT2D eigenvalue weighted by Crippen LogP contribution is -2.02. The molecule has 0 N–H and O–H groups in total. The van der Waals surface area contributed by atoms with Crippen molar-refractivity contribution >= 4 is 34.8 Å². The van der Waals surface area contributed by atoms with E-state index in [-0.39, 0.29) is 26.4 Å². The van der Waals surface area contributed by atoms with Crippen LogP contribution in [0, 0.1) is 5.82 Å². The fourth-order valence-corrected chi connectivity index (χ4v) is 2.37. The normalized spacial score (nSPS) is 10.9. The monoisotopic (exact) mass is 340 g/mol. The van der Waals surface area contributed by atoms with Crippen molar-refractivity contribution in [3.05, 3.63) is 51.2 Å². The molecule has 0 saturated carbocycles. The quantitative estimate of drug-likeness (QED) is 0.617. The van der Waals surface area contributed by atoms with E-state index in [9.17, 15) is 13.2 Å². The second-order valence-electron chi connectivity index (χ2n) is 3.80. The molecule has 0 aromatic heterocycles. The minimum absolute atomic E-state index is 0.143. The van der Waals surface area contributed by atoms with Gasteiger partial charge in [-0.2, -0.15) is 8.78 Å².